The smallest absolute Gasteiger partial charge is 0.462 e. The molecule has 1 N–H and O–H groups in total. The van der Waals surface area contributed by atoms with Crippen LogP contribution in [0.2, 0.25) is 0 Å². The summed E-state index contributed by atoms with van der Waals surface area (Å²) in [7, 11) is 1.42. The van der Waals surface area contributed by atoms with E-state index in [0.717, 1.165) is 89.9 Å². The number of ether oxygens (including phenoxy) is 3. The van der Waals surface area contributed by atoms with Crippen molar-refractivity contribution < 1.29 is 46.8 Å². The second kappa shape index (κ2) is 36.1. The van der Waals surface area contributed by atoms with Crippen molar-refractivity contribution in [3.63, 3.8) is 0 Å². The first-order valence-corrected chi connectivity index (χ1v) is 24.3. The zero-order valence-corrected chi connectivity index (χ0v) is 38.5. The third kappa shape index (κ3) is 36.9. The van der Waals surface area contributed by atoms with Crippen LogP contribution in [-0.4, -0.2) is 87.1 Å². The summed E-state index contributed by atoms with van der Waals surface area (Å²) in [5, 5.41) is 0. The summed E-state index contributed by atoms with van der Waals surface area (Å²) in [5.74, 6) is -0.865. The van der Waals surface area contributed by atoms with E-state index in [1.54, 1.807) is 0 Å². The summed E-state index contributed by atoms with van der Waals surface area (Å²) >= 11 is 0. The lowest BCUT2D eigenvalue weighted by atomic mass is 10.1. The van der Waals surface area contributed by atoms with Gasteiger partial charge in [-0.3, -0.25) is 18.6 Å². The third-order valence-electron chi connectivity index (χ3n) is 9.64. The Kier molecular flexibility index (Phi) is 33.3. The van der Waals surface area contributed by atoms with Crippen molar-refractivity contribution in [2.45, 2.75) is 173 Å². The van der Waals surface area contributed by atoms with Crippen LogP contribution in [0.25, 0.3) is 0 Å². The summed E-state index contributed by atoms with van der Waals surface area (Å²) < 4.78 is 40.0. The fraction of sp³-hybridized carbons (Fsp3) is 0.708. The molecule has 11 heteroatoms. The fourth-order valence-electron chi connectivity index (χ4n) is 5.99. The van der Waals surface area contributed by atoms with Crippen molar-refractivity contribution in [2.24, 2.45) is 0 Å². The Morgan fingerprint density at radius 2 is 1.19 bits per heavy atom. The number of carbonyl (C=O) groups is 2. The maximum absolute atomic E-state index is 12.7. The largest absolute Gasteiger partial charge is 0.472 e. The number of nitrogens with zero attached hydrogens (tertiary/aromatic N) is 1. The van der Waals surface area contributed by atoms with Gasteiger partial charge in [-0.2, -0.15) is 0 Å². The quantitative estimate of drug-likeness (QED) is 0.0161. The van der Waals surface area contributed by atoms with E-state index in [-0.39, 0.29) is 26.1 Å². The van der Waals surface area contributed by atoms with Gasteiger partial charge in [0.2, 0.25) is 0 Å². The average Bonchev–Trinajstić information content (AvgIpc) is 3.94. The number of allylic oxidation sites excluding steroid dienone is 11. The minimum absolute atomic E-state index is 0.0164. The molecule has 1 aliphatic rings. The van der Waals surface area contributed by atoms with Gasteiger partial charge in [0.25, 0.3) is 0 Å². The van der Waals surface area contributed by atoms with E-state index in [9.17, 15) is 19.0 Å². The van der Waals surface area contributed by atoms with Gasteiger partial charge in [-0.25, -0.2) is 4.57 Å². The number of phosphoric acid groups is 1. The Morgan fingerprint density at radius 1 is 0.644 bits per heavy atom. The topological polar surface area (TPSA) is 121 Å². The predicted octanol–water partition coefficient (Wildman–Crippen LogP) is 12.0. The van der Waals surface area contributed by atoms with E-state index in [1.807, 2.05) is 21.1 Å². The number of hydrogen-bond acceptors (Lipinski definition) is 8. The minimum atomic E-state index is -4.40. The van der Waals surface area contributed by atoms with Crippen LogP contribution in [0.3, 0.4) is 0 Å². The molecule has 0 aromatic carbocycles. The Bertz CT molecular complexity index is 1300. The summed E-state index contributed by atoms with van der Waals surface area (Å²) in [6.45, 7) is 4.20. The lowest BCUT2D eigenvalue weighted by Gasteiger charge is -2.24. The van der Waals surface area contributed by atoms with Crippen LogP contribution in [0.1, 0.15) is 155 Å². The summed E-state index contributed by atoms with van der Waals surface area (Å²) in [6.07, 6.45) is 46.9. The number of esters is 2. The van der Waals surface area contributed by atoms with Gasteiger partial charge < -0.3 is 23.6 Å². The molecule has 0 aromatic heterocycles. The molecule has 0 bridgehead atoms. The molecule has 0 aromatic rings. The summed E-state index contributed by atoms with van der Waals surface area (Å²) in [6, 6.07) is 0. The molecule has 1 rings (SSSR count). The zero-order chi connectivity index (χ0) is 43.3. The molecule has 0 amide bonds. The number of hydrogen-bond donors (Lipinski definition) is 1. The van der Waals surface area contributed by atoms with Crippen molar-refractivity contribution >= 4 is 19.8 Å². The number of carbonyl (C=O) groups excluding carboxylic acids is 2. The Morgan fingerprint density at radius 3 is 1.80 bits per heavy atom. The highest BCUT2D eigenvalue weighted by molar-refractivity contribution is 7.47. The molecule has 338 valence electrons. The first kappa shape index (κ1) is 54.4. The summed E-state index contributed by atoms with van der Waals surface area (Å²) in [4.78, 5) is 35.4. The van der Waals surface area contributed by atoms with E-state index in [1.165, 1.54) is 25.7 Å². The maximum Gasteiger partial charge on any atom is 0.472 e. The van der Waals surface area contributed by atoms with E-state index in [0.29, 0.717) is 36.1 Å². The third-order valence-corrected chi connectivity index (χ3v) is 10.6. The molecule has 0 radical (unpaired) electrons. The monoisotopic (exact) mass is 849 g/mol. The number of likely N-dealkylation sites (N-methyl/N-ethyl adjacent to an activating group) is 1. The molecule has 3 unspecified atom stereocenters. The van der Waals surface area contributed by atoms with Gasteiger partial charge in [-0.05, 0) is 83.5 Å². The van der Waals surface area contributed by atoms with Crippen molar-refractivity contribution in [1.82, 2.24) is 0 Å². The molecular formula is C48H83NO9P+. The Balaban J connectivity index is 2.31. The van der Waals surface area contributed by atoms with Crippen molar-refractivity contribution in [3.8, 4) is 0 Å². The van der Waals surface area contributed by atoms with Crippen LogP contribution in [0.5, 0.6) is 0 Å². The fourth-order valence-corrected chi connectivity index (χ4v) is 6.73. The van der Waals surface area contributed by atoms with Gasteiger partial charge in [0.1, 0.15) is 19.8 Å². The van der Waals surface area contributed by atoms with E-state index >= 15 is 0 Å². The molecule has 4 atom stereocenters. The van der Waals surface area contributed by atoms with Gasteiger partial charge in [-0.1, -0.05) is 132 Å². The predicted molar refractivity (Wildman–Crippen MR) is 242 cm³/mol. The molecule has 1 saturated heterocycles. The highest BCUT2D eigenvalue weighted by Gasteiger charge is 2.36. The molecule has 1 aliphatic heterocycles. The van der Waals surface area contributed by atoms with E-state index < -0.39 is 32.5 Å². The number of quaternary nitrogens is 1. The van der Waals surface area contributed by atoms with Crippen molar-refractivity contribution in [1.29, 1.82) is 0 Å². The molecule has 10 nitrogen and oxygen atoms in total. The zero-order valence-electron chi connectivity index (χ0n) is 37.7. The minimum Gasteiger partial charge on any atom is -0.462 e. The standard InChI is InChI=1S/C48H82NO9P/c1-6-8-10-11-12-13-14-15-16-17-18-19-20-21-22-23-28-31-35-39-48(51)57-44(43-56-59(52,53)55-41-40-49(3,4)5)42-54-47(50)38-34-30-27-25-24-26-29-33-37-46-45(58-46)36-32-9-7-2/h8,10,12-13,15-16,18-19,21-22,29,33,44-46H,6-7,9,11,14,17,20,23-28,30-32,34-43H2,1-5H3/p+1/b10-8-,13-12-,16-15-,19-18-,22-21-,33-29-/t44-,45?,46?/m1/s1. The number of epoxide rings is 1. The SMILES string of the molecule is CC/C=C\C/C=C\C/C=C\C/C=C\C/C=C\CCCCCC(=O)O[C@H](COC(=O)CCCCCCC/C=C\CC1OC1CCCCC)COP(=O)(O)OCC[N+](C)(C)C. The first-order chi connectivity index (χ1) is 28.5. The second-order valence-electron chi connectivity index (χ2n) is 16.4. The van der Waals surface area contributed by atoms with Gasteiger partial charge in [0.15, 0.2) is 6.10 Å². The van der Waals surface area contributed by atoms with Crippen LogP contribution in [0, 0.1) is 0 Å². The van der Waals surface area contributed by atoms with Gasteiger partial charge in [0.05, 0.1) is 40.0 Å². The molecule has 0 aliphatic carbocycles. The van der Waals surface area contributed by atoms with Crippen molar-refractivity contribution in [3.05, 3.63) is 72.9 Å². The number of phosphoric ester groups is 1. The van der Waals surface area contributed by atoms with Gasteiger partial charge in [-0.15, -0.1) is 0 Å². The van der Waals surface area contributed by atoms with Crippen LogP contribution < -0.4 is 0 Å². The van der Waals surface area contributed by atoms with Crippen LogP contribution in [-0.2, 0) is 37.4 Å². The van der Waals surface area contributed by atoms with Crippen molar-refractivity contribution in [2.75, 3.05) is 47.5 Å². The average molecular weight is 849 g/mol. The Hall–Kier alpha value is -2.59. The molecule has 0 spiro atoms. The van der Waals surface area contributed by atoms with Crippen LogP contribution >= 0.6 is 7.82 Å². The van der Waals surface area contributed by atoms with Crippen LogP contribution in [0.15, 0.2) is 72.9 Å². The molecular weight excluding hydrogens is 766 g/mol. The molecule has 1 heterocycles. The molecule has 1 fully saturated rings. The molecule has 59 heavy (non-hydrogen) atoms. The molecule has 0 saturated carbocycles. The van der Waals surface area contributed by atoms with Crippen LogP contribution in [0.4, 0.5) is 0 Å². The highest BCUT2D eigenvalue weighted by Crippen LogP contribution is 2.43. The highest BCUT2D eigenvalue weighted by atomic mass is 31.2. The van der Waals surface area contributed by atoms with E-state index in [4.69, 9.17) is 23.3 Å². The van der Waals surface area contributed by atoms with E-state index in [2.05, 4.69) is 86.8 Å². The Labute approximate surface area is 359 Å². The van der Waals surface area contributed by atoms with Gasteiger partial charge in [0, 0.05) is 12.8 Å². The first-order valence-electron chi connectivity index (χ1n) is 22.8. The number of unbranched alkanes of at least 4 members (excludes halogenated alkanes) is 10. The maximum atomic E-state index is 12.7. The number of rotatable bonds is 39. The normalized spacial score (nSPS) is 17.7. The lowest BCUT2D eigenvalue weighted by Crippen LogP contribution is -2.37. The summed E-state index contributed by atoms with van der Waals surface area (Å²) in [5.41, 5.74) is 0. The van der Waals surface area contributed by atoms with Gasteiger partial charge >= 0.3 is 19.8 Å². The lowest BCUT2D eigenvalue weighted by molar-refractivity contribution is -0.870. The second-order valence-corrected chi connectivity index (χ2v) is 17.9.